The monoisotopic (exact) mass is 299 g/mol. The van der Waals surface area contributed by atoms with Gasteiger partial charge in [-0.15, -0.1) is 0 Å². The molecule has 0 radical (unpaired) electrons. The molecule has 0 aromatic heterocycles. The van der Waals surface area contributed by atoms with E-state index < -0.39 is 7.26 Å². The zero-order chi connectivity index (χ0) is 8.18. The third-order valence-corrected chi connectivity index (χ3v) is 9.33. The van der Waals surface area contributed by atoms with E-state index in [1.807, 2.05) is 0 Å². The van der Waals surface area contributed by atoms with Gasteiger partial charge in [-0.1, -0.05) is 0 Å². The summed E-state index contributed by atoms with van der Waals surface area (Å²) in [4.78, 5) is 5.37. The van der Waals surface area contributed by atoms with E-state index in [-0.39, 0.29) is 0 Å². The number of rotatable bonds is 0. The number of hydrogen-bond acceptors (Lipinski definition) is 3. The number of fused-ring (bicyclic) bond motifs is 1. The molecule has 0 aromatic rings. The second kappa shape index (κ2) is 2.76. The molecule has 4 bridgehead atoms. The van der Waals surface area contributed by atoms with E-state index in [4.69, 9.17) is 0 Å². The van der Waals surface area contributed by atoms with E-state index >= 15 is 0 Å². The summed E-state index contributed by atoms with van der Waals surface area (Å²) >= 11 is 0.360. The van der Waals surface area contributed by atoms with Gasteiger partial charge in [0.05, 0.1) is 0 Å². The fourth-order valence-electron chi connectivity index (χ4n) is 2.50. The Morgan fingerprint density at radius 3 is 2.75 bits per heavy atom. The number of nitrogens with zero attached hydrogens (tertiary/aromatic N) is 3. The van der Waals surface area contributed by atoms with E-state index in [9.17, 15) is 0 Å². The van der Waals surface area contributed by atoms with Gasteiger partial charge < -0.3 is 0 Å². The fourth-order valence-corrected chi connectivity index (χ4v) is 11.2. The van der Waals surface area contributed by atoms with Gasteiger partial charge in [-0.2, -0.15) is 0 Å². The normalized spacial score (nSPS) is 57.9. The molecule has 4 aliphatic heterocycles. The van der Waals surface area contributed by atoms with Crippen molar-refractivity contribution in [2.45, 2.75) is 0 Å². The maximum absolute atomic E-state index is 2.77. The Morgan fingerprint density at radius 1 is 1.08 bits per heavy atom. The van der Waals surface area contributed by atoms with E-state index in [2.05, 4.69) is 19.6 Å². The van der Waals surface area contributed by atoms with Crippen molar-refractivity contribution in [3.8, 4) is 0 Å². The van der Waals surface area contributed by atoms with Crippen molar-refractivity contribution < 1.29 is 21.5 Å². The molecule has 0 saturated carbocycles. The first kappa shape index (κ1) is 8.36. The molecule has 4 rings (SSSR count). The minimum atomic E-state index is -0.558. The van der Waals surface area contributed by atoms with Gasteiger partial charge in [-0.3, -0.25) is 0 Å². The molecular weight excluding hydrogens is 284 g/mol. The van der Waals surface area contributed by atoms with Crippen molar-refractivity contribution >= 4 is 7.26 Å². The van der Waals surface area contributed by atoms with Crippen LogP contribution in [0.2, 0.25) is 0 Å². The summed E-state index contributed by atoms with van der Waals surface area (Å²) in [6.07, 6.45) is 4.39. The van der Waals surface area contributed by atoms with Crippen molar-refractivity contribution in [3.05, 3.63) is 0 Å². The molecule has 0 N–H and O–H groups in total. The molecule has 4 atom stereocenters. The second-order valence-corrected chi connectivity index (χ2v) is 11.2. The van der Waals surface area contributed by atoms with E-state index in [1.54, 1.807) is 0 Å². The average Bonchev–Trinajstić information content (AvgIpc) is 2.14. The van der Waals surface area contributed by atoms with Gasteiger partial charge in [0.15, 0.2) is 0 Å². The van der Waals surface area contributed by atoms with Crippen LogP contribution in [0.3, 0.4) is 0 Å². The zero-order valence-electron chi connectivity index (χ0n) is 7.41. The van der Waals surface area contributed by atoms with Gasteiger partial charge in [0, 0.05) is 0 Å². The molecule has 0 aromatic carbocycles. The van der Waals surface area contributed by atoms with Crippen LogP contribution in [0.4, 0.5) is 0 Å². The van der Waals surface area contributed by atoms with E-state index in [1.165, 1.54) is 36.7 Å². The van der Waals surface area contributed by atoms with Crippen LogP contribution in [0.5, 0.6) is 0 Å². The van der Waals surface area contributed by atoms with Crippen LogP contribution in [0.25, 0.3) is 0 Å². The molecule has 5 heteroatoms. The zero-order valence-corrected chi connectivity index (χ0v) is 10.5. The summed E-state index contributed by atoms with van der Waals surface area (Å²) in [5, 5.41) is 0. The van der Waals surface area contributed by atoms with Crippen molar-refractivity contribution in [2.75, 3.05) is 43.4 Å². The third kappa shape index (κ3) is 1.32. The third-order valence-electron chi connectivity index (χ3n) is 2.72. The first-order chi connectivity index (χ1) is 5.73. The molecule has 4 aliphatic rings. The van der Waals surface area contributed by atoms with Crippen LogP contribution in [0, 0.1) is 0 Å². The van der Waals surface area contributed by atoms with Crippen LogP contribution >= 0.6 is 7.26 Å². The average molecular weight is 299 g/mol. The molecular formula is C7H15IN3P. The SMILES string of the molecule is C[P+]12CN3C[I-]N(CN(C3)C1)C2. The summed E-state index contributed by atoms with van der Waals surface area (Å²) < 4.78 is 4.19. The standard InChI is InChI=1S/C7H15IN3P/c1-12-5-9-2-8-11(7-12)4-10(3-9)6-12/h2-7H2,1H3. The van der Waals surface area contributed by atoms with Crippen LogP contribution in [-0.2, 0) is 0 Å². The van der Waals surface area contributed by atoms with Gasteiger partial charge in [0.25, 0.3) is 0 Å². The fraction of sp³-hybridized carbons (Fsp3) is 1.00. The molecule has 3 nitrogen and oxygen atoms in total. The Balaban J connectivity index is 1.95. The van der Waals surface area contributed by atoms with Gasteiger partial charge in [0.1, 0.15) is 0 Å². The number of alkyl halides is 1. The van der Waals surface area contributed by atoms with Gasteiger partial charge >= 0.3 is 85.1 Å². The predicted octanol–water partition coefficient (Wildman–Crippen LogP) is -2.67. The van der Waals surface area contributed by atoms with Crippen molar-refractivity contribution in [3.63, 3.8) is 0 Å². The van der Waals surface area contributed by atoms with Gasteiger partial charge in [-0.05, 0) is 0 Å². The van der Waals surface area contributed by atoms with Crippen LogP contribution in [-0.4, -0.2) is 56.3 Å². The van der Waals surface area contributed by atoms with Gasteiger partial charge in [-0.25, -0.2) is 0 Å². The van der Waals surface area contributed by atoms with Crippen molar-refractivity contribution in [1.29, 1.82) is 0 Å². The minimum absolute atomic E-state index is 0.360. The number of halogens is 1. The Morgan fingerprint density at radius 2 is 1.92 bits per heavy atom. The van der Waals surface area contributed by atoms with Gasteiger partial charge in [0.2, 0.25) is 0 Å². The summed E-state index contributed by atoms with van der Waals surface area (Å²) in [5.74, 6) is 0. The summed E-state index contributed by atoms with van der Waals surface area (Å²) in [7, 11) is -0.558. The van der Waals surface area contributed by atoms with Crippen molar-refractivity contribution in [1.82, 2.24) is 12.9 Å². The maximum atomic E-state index is 2.77. The topological polar surface area (TPSA) is 9.72 Å². The molecule has 0 amide bonds. The molecule has 12 heavy (non-hydrogen) atoms. The molecule has 4 heterocycles. The first-order valence-electron chi connectivity index (χ1n) is 4.36. The quantitative estimate of drug-likeness (QED) is 0.159. The Kier molecular flexibility index (Phi) is 1.93. The second-order valence-electron chi connectivity index (χ2n) is 4.37. The predicted molar refractivity (Wildman–Crippen MR) is 47.6 cm³/mol. The molecule has 4 saturated heterocycles. The Labute approximate surface area is 85.0 Å². The number of hydrogen-bond donors (Lipinski definition) is 0. The molecule has 70 valence electrons. The van der Waals surface area contributed by atoms with Crippen LogP contribution in [0.1, 0.15) is 0 Å². The van der Waals surface area contributed by atoms with E-state index in [0.717, 1.165) is 0 Å². The van der Waals surface area contributed by atoms with E-state index in [0.29, 0.717) is 21.5 Å². The molecule has 0 spiro atoms. The Hall–Kier alpha value is 1.04. The molecule has 4 unspecified atom stereocenters. The summed E-state index contributed by atoms with van der Waals surface area (Å²) in [6.45, 7) is 5.12. The summed E-state index contributed by atoms with van der Waals surface area (Å²) in [5.41, 5.74) is 0. The van der Waals surface area contributed by atoms with Crippen LogP contribution < -0.4 is 21.5 Å². The van der Waals surface area contributed by atoms with Crippen LogP contribution in [0.15, 0.2) is 0 Å². The molecule has 4 fully saturated rings. The Bertz CT molecular complexity index is 197. The molecule has 0 aliphatic carbocycles. The van der Waals surface area contributed by atoms with Crippen molar-refractivity contribution in [2.24, 2.45) is 0 Å². The summed E-state index contributed by atoms with van der Waals surface area (Å²) in [6, 6.07) is 0. The first-order valence-corrected chi connectivity index (χ1v) is 9.64.